The second-order valence-electron chi connectivity index (χ2n) is 7.20. The van der Waals surface area contributed by atoms with Crippen LogP contribution in [0.2, 0.25) is 5.02 Å². The molecular formula is C25H22BrClN2O4S. The molecule has 0 bridgehead atoms. The third kappa shape index (κ3) is 9.21. The maximum atomic E-state index is 12.1. The summed E-state index contributed by atoms with van der Waals surface area (Å²) in [5, 5.41) is 6.14. The Kier molecular flexibility index (Phi) is 10.00. The van der Waals surface area contributed by atoms with E-state index in [0.717, 1.165) is 14.3 Å². The van der Waals surface area contributed by atoms with Crippen LogP contribution in [0, 0.1) is 0 Å². The van der Waals surface area contributed by atoms with Crippen LogP contribution in [-0.4, -0.2) is 24.4 Å². The Morgan fingerprint density at radius 2 is 1.29 bits per heavy atom. The van der Waals surface area contributed by atoms with Crippen LogP contribution in [0.1, 0.15) is 19.3 Å². The molecule has 2 amide bonds. The standard InChI is InChI=1S/C25H22BrClN2O4S/c26-17-4-8-19(9-5-17)29-24(31)16-33-25(32)3-1-2-23(30)28-20-10-14-22(15-11-20)34-21-12-6-18(27)7-13-21/h4-15H,1-3,16H2,(H,28,30)(H,29,31). The van der Waals surface area contributed by atoms with E-state index >= 15 is 0 Å². The van der Waals surface area contributed by atoms with Gasteiger partial charge in [-0.25, -0.2) is 0 Å². The topological polar surface area (TPSA) is 84.5 Å². The first-order valence-corrected chi connectivity index (χ1v) is 12.4. The molecule has 2 N–H and O–H groups in total. The third-order valence-corrected chi connectivity index (χ3v) is 6.26. The number of benzene rings is 3. The molecule has 0 saturated carbocycles. The second-order valence-corrected chi connectivity index (χ2v) is 9.70. The average Bonchev–Trinajstić information content (AvgIpc) is 2.82. The third-order valence-electron chi connectivity index (χ3n) is 4.46. The second kappa shape index (κ2) is 13.2. The predicted molar refractivity (Wildman–Crippen MR) is 138 cm³/mol. The number of esters is 1. The number of anilines is 2. The van der Waals surface area contributed by atoms with Gasteiger partial charge in [0, 0.05) is 43.5 Å². The first-order chi connectivity index (χ1) is 16.4. The zero-order valence-electron chi connectivity index (χ0n) is 18.1. The Bertz CT molecular complexity index is 1120. The highest BCUT2D eigenvalue weighted by Crippen LogP contribution is 2.29. The highest BCUT2D eigenvalue weighted by molar-refractivity contribution is 9.10. The van der Waals surface area contributed by atoms with Crippen LogP contribution in [0.15, 0.2) is 87.1 Å². The van der Waals surface area contributed by atoms with Crippen LogP contribution < -0.4 is 10.6 Å². The minimum atomic E-state index is -0.526. The smallest absolute Gasteiger partial charge is 0.306 e. The van der Waals surface area contributed by atoms with Crippen molar-refractivity contribution in [3.8, 4) is 0 Å². The van der Waals surface area contributed by atoms with E-state index in [2.05, 4.69) is 26.6 Å². The number of amides is 2. The molecule has 0 unspecified atom stereocenters. The van der Waals surface area contributed by atoms with Crippen molar-refractivity contribution in [2.45, 2.75) is 29.1 Å². The maximum absolute atomic E-state index is 12.1. The van der Waals surface area contributed by atoms with E-state index in [4.69, 9.17) is 16.3 Å². The van der Waals surface area contributed by atoms with Crippen molar-refractivity contribution in [2.24, 2.45) is 0 Å². The molecule has 0 fully saturated rings. The van der Waals surface area contributed by atoms with Crippen molar-refractivity contribution >= 4 is 68.5 Å². The van der Waals surface area contributed by atoms with Crippen LogP contribution in [0.3, 0.4) is 0 Å². The molecule has 6 nitrogen and oxygen atoms in total. The molecular weight excluding hydrogens is 540 g/mol. The summed E-state index contributed by atoms with van der Waals surface area (Å²) in [5.74, 6) is -1.15. The molecule has 0 aliphatic rings. The molecule has 176 valence electrons. The summed E-state index contributed by atoms with van der Waals surface area (Å²) in [5.41, 5.74) is 1.29. The molecule has 0 aromatic heterocycles. The Balaban J connectivity index is 1.32. The highest BCUT2D eigenvalue weighted by Gasteiger charge is 2.10. The Hall–Kier alpha value is -2.81. The number of ether oxygens (including phenoxy) is 1. The van der Waals surface area contributed by atoms with Gasteiger partial charge in [0.05, 0.1) is 0 Å². The number of hydrogen-bond donors (Lipinski definition) is 2. The minimum Gasteiger partial charge on any atom is -0.456 e. The van der Waals surface area contributed by atoms with Crippen molar-refractivity contribution in [1.29, 1.82) is 0 Å². The van der Waals surface area contributed by atoms with Gasteiger partial charge in [0.25, 0.3) is 5.91 Å². The highest BCUT2D eigenvalue weighted by atomic mass is 79.9. The summed E-state index contributed by atoms with van der Waals surface area (Å²) in [6.07, 6.45) is 0.542. The van der Waals surface area contributed by atoms with Gasteiger partial charge in [0.2, 0.25) is 5.91 Å². The number of hydrogen-bond acceptors (Lipinski definition) is 5. The first-order valence-electron chi connectivity index (χ1n) is 10.4. The molecule has 3 rings (SSSR count). The molecule has 0 spiro atoms. The predicted octanol–water partition coefficient (Wildman–Crippen LogP) is 6.54. The Labute approximate surface area is 215 Å². The monoisotopic (exact) mass is 560 g/mol. The normalized spacial score (nSPS) is 10.4. The van der Waals surface area contributed by atoms with Gasteiger partial charge in [-0.05, 0) is 79.2 Å². The number of halogens is 2. The fourth-order valence-electron chi connectivity index (χ4n) is 2.81. The lowest BCUT2D eigenvalue weighted by Crippen LogP contribution is -2.21. The average molecular weight is 562 g/mol. The molecule has 0 atom stereocenters. The van der Waals surface area contributed by atoms with Gasteiger partial charge < -0.3 is 15.4 Å². The number of nitrogens with one attached hydrogen (secondary N) is 2. The van der Waals surface area contributed by atoms with E-state index in [1.165, 1.54) is 0 Å². The Morgan fingerprint density at radius 1 is 0.765 bits per heavy atom. The van der Waals surface area contributed by atoms with E-state index in [-0.39, 0.29) is 25.4 Å². The van der Waals surface area contributed by atoms with Gasteiger partial charge in [-0.15, -0.1) is 0 Å². The van der Waals surface area contributed by atoms with Gasteiger partial charge in [0.15, 0.2) is 6.61 Å². The number of rotatable bonds is 10. The summed E-state index contributed by atoms with van der Waals surface area (Å²) in [4.78, 5) is 37.9. The van der Waals surface area contributed by atoms with Crippen molar-refractivity contribution in [2.75, 3.05) is 17.2 Å². The van der Waals surface area contributed by atoms with Crippen molar-refractivity contribution < 1.29 is 19.1 Å². The summed E-state index contributed by atoms with van der Waals surface area (Å²) in [6, 6.07) is 22.1. The quantitative estimate of drug-likeness (QED) is 0.274. The summed E-state index contributed by atoms with van der Waals surface area (Å²) in [7, 11) is 0. The zero-order chi connectivity index (χ0) is 24.3. The van der Waals surface area contributed by atoms with E-state index < -0.39 is 11.9 Å². The van der Waals surface area contributed by atoms with E-state index in [9.17, 15) is 14.4 Å². The van der Waals surface area contributed by atoms with Gasteiger partial charge in [-0.1, -0.05) is 39.3 Å². The Morgan fingerprint density at radius 3 is 1.91 bits per heavy atom. The van der Waals surface area contributed by atoms with Crippen LogP contribution in [-0.2, 0) is 19.1 Å². The molecule has 0 aliphatic carbocycles. The first kappa shape index (κ1) is 25.8. The minimum absolute atomic E-state index is 0.0512. The molecule has 3 aromatic carbocycles. The lowest BCUT2D eigenvalue weighted by molar-refractivity contribution is -0.147. The fourth-order valence-corrected chi connectivity index (χ4v) is 4.02. The number of carbonyl (C=O) groups is 3. The van der Waals surface area contributed by atoms with Crippen molar-refractivity contribution in [3.05, 3.63) is 82.3 Å². The van der Waals surface area contributed by atoms with E-state index in [1.807, 2.05) is 48.5 Å². The largest absolute Gasteiger partial charge is 0.456 e. The van der Waals surface area contributed by atoms with Crippen LogP contribution in [0.25, 0.3) is 0 Å². The van der Waals surface area contributed by atoms with Crippen LogP contribution in [0.4, 0.5) is 11.4 Å². The van der Waals surface area contributed by atoms with Crippen molar-refractivity contribution in [3.63, 3.8) is 0 Å². The molecule has 0 heterocycles. The molecule has 9 heteroatoms. The lowest BCUT2D eigenvalue weighted by atomic mass is 10.2. The summed E-state index contributed by atoms with van der Waals surface area (Å²) in [6.45, 7) is -0.374. The molecule has 0 aliphatic heterocycles. The number of carbonyl (C=O) groups excluding carboxylic acids is 3. The zero-order valence-corrected chi connectivity index (χ0v) is 21.2. The van der Waals surface area contributed by atoms with Crippen LogP contribution in [0.5, 0.6) is 0 Å². The van der Waals surface area contributed by atoms with Gasteiger partial charge in [0.1, 0.15) is 0 Å². The molecule has 0 radical (unpaired) electrons. The lowest BCUT2D eigenvalue weighted by Gasteiger charge is -2.08. The molecule has 3 aromatic rings. The molecule has 0 saturated heterocycles. The maximum Gasteiger partial charge on any atom is 0.306 e. The van der Waals surface area contributed by atoms with E-state index in [0.29, 0.717) is 22.8 Å². The summed E-state index contributed by atoms with van der Waals surface area (Å²) < 4.78 is 5.86. The fraction of sp³-hybridized carbons (Fsp3) is 0.160. The van der Waals surface area contributed by atoms with Gasteiger partial charge in [-0.2, -0.15) is 0 Å². The SMILES string of the molecule is O=C(CCCC(=O)OCC(=O)Nc1ccc(Br)cc1)Nc1ccc(Sc2ccc(Cl)cc2)cc1. The van der Waals surface area contributed by atoms with Gasteiger partial charge >= 0.3 is 5.97 Å². The van der Waals surface area contributed by atoms with Gasteiger partial charge in [-0.3, -0.25) is 14.4 Å². The van der Waals surface area contributed by atoms with Crippen molar-refractivity contribution in [1.82, 2.24) is 0 Å². The van der Waals surface area contributed by atoms with Crippen LogP contribution >= 0.6 is 39.3 Å². The molecule has 34 heavy (non-hydrogen) atoms. The van der Waals surface area contributed by atoms with E-state index in [1.54, 1.807) is 36.0 Å². The summed E-state index contributed by atoms with van der Waals surface area (Å²) >= 11 is 10.8.